The molecular formula is C18H18ClNO2. The van der Waals surface area contributed by atoms with Crippen LogP contribution in [0.2, 0.25) is 0 Å². The van der Waals surface area contributed by atoms with E-state index in [4.69, 9.17) is 5.11 Å². The van der Waals surface area contributed by atoms with Crippen LogP contribution in [0.25, 0.3) is 5.57 Å². The van der Waals surface area contributed by atoms with Crippen LogP contribution in [0, 0.1) is 0 Å². The molecule has 0 amide bonds. The molecule has 0 spiro atoms. The van der Waals surface area contributed by atoms with E-state index in [1.807, 2.05) is 18.3 Å². The Hall–Kier alpha value is -2.13. The number of aryl methyl sites for hydroxylation is 1. The molecule has 22 heavy (non-hydrogen) atoms. The molecule has 0 saturated carbocycles. The highest BCUT2D eigenvalue weighted by Crippen LogP contribution is 2.33. The van der Waals surface area contributed by atoms with Gasteiger partial charge in [0.25, 0.3) is 0 Å². The summed E-state index contributed by atoms with van der Waals surface area (Å²) in [6, 6.07) is 9.47. The Morgan fingerprint density at radius 2 is 2.09 bits per heavy atom. The van der Waals surface area contributed by atoms with Gasteiger partial charge in [0.2, 0.25) is 0 Å². The lowest BCUT2D eigenvalue weighted by Crippen LogP contribution is -2.08. The summed E-state index contributed by atoms with van der Waals surface area (Å²) in [6.45, 7) is 2.09. The van der Waals surface area contributed by atoms with Gasteiger partial charge in [-0.25, -0.2) is 4.79 Å². The molecule has 0 atom stereocenters. The van der Waals surface area contributed by atoms with Crippen LogP contribution in [0.4, 0.5) is 0 Å². The number of rotatable bonds is 3. The molecule has 1 aromatic carbocycles. The van der Waals surface area contributed by atoms with Crippen molar-refractivity contribution in [3.05, 3.63) is 70.6 Å². The predicted molar refractivity (Wildman–Crippen MR) is 89.5 cm³/mol. The molecule has 0 aliphatic heterocycles. The minimum Gasteiger partial charge on any atom is -0.478 e. The summed E-state index contributed by atoms with van der Waals surface area (Å²) in [5.74, 6) is -0.870. The van der Waals surface area contributed by atoms with Crippen molar-refractivity contribution in [3.63, 3.8) is 0 Å². The van der Waals surface area contributed by atoms with Gasteiger partial charge < -0.3 is 5.11 Å². The fourth-order valence-corrected chi connectivity index (χ4v) is 2.91. The second-order valence-electron chi connectivity index (χ2n) is 5.44. The number of carbonyl (C=O) groups is 1. The number of pyridine rings is 1. The second kappa shape index (κ2) is 6.75. The number of nitrogens with zero attached hydrogens (tertiary/aromatic N) is 1. The van der Waals surface area contributed by atoms with Crippen LogP contribution in [-0.4, -0.2) is 16.1 Å². The molecule has 0 bridgehead atoms. The van der Waals surface area contributed by atoms with Crippen LogP contribution in [0.15, 0.2) is 48.3 Å². The summed E-state index contributed by atoms with van der Waals surface area (Å²) in [4.78, 5) is 15.3. The summed E-state index contributed by atoms with van der Waals surface area (Å²) >= 11 is 0. The number of aromatic carboxylic acids is 1. The zero-order valence-electron chi connectivity index (χ0n) is 12.4. The number of carboxylic acids is 1. The summed E-state index contributed by atoms with van der Waals surface area (Å²) in [6.07, 6.45) is 6.56. The lowest BCUT2D eigenvalue weighted by molar-refractivity contribution is 0.0697. The second-order valence-corrected chi connectivity index (χ2v) is 5.44. The molecule has 1 N–H and O–H groups in total. The third kappa shape index (κ3) is 3.20. The molecule has 1 aromatic heterocycles. The van der Waals surface area contributed by atoms with Gasteiger partial charge in [-0.05, 0) is 66.6 Å². The minimum atomic E-state index is -0.870. The zero-order chi connectivity index (χ0) is 14.8. The van der Waals surface area contributed by atoms with Crippen LogP contribution >= 0.6 is 12.4 Å². The van der Waals surface area contributed by atoms with Crippen molar-refractivity contribution in [3.8, 4) is 0 Å². The highest BCUT2D eigenvalue weighted by atomic mass is 35.5. The average molecular weight is 316 g/mol. The van der Waals surface area contributed by atoms with Gasteiger partial charge in [-0.1, -0.05) is 17.7 Å². The first kappa shape index (κ1) is 16.2. The number of aromatic nitrogens is 1. The predicted octanol–water partition coefficient (Wildman–Crippen LogP) is 4.16. The fourth-order valence-electron chi connectivity index (χ4n) is 2.91. The van der Waals surface area contributed by atoms with E-state index >= 15 is 0 Å². The molecule has 1 aliphatic carbocycles. The SMILES string of the molecule is CC1=C(Cc2cccnc2)CCc2ccc(C(=O)O)cc21.Cl. The summed E-state index contributed by atoms with van der Waals surface area (Å²) < 4.78 is 0. The van der Waals surface area contributed by atoms with E-state index in [1.165, 1.54) is 22.3 Å². The number of benzene rings is 1. The van der Waals surface area contributed by atoms with Crippen molar-refractivity contribution in [1.82, 2.24) is 4.98 Å². The largest absolute Gasteiger partial charge is 0.478 e. The van der Waals surface area contributed by atoms with Gasteiger partial charge in [-0.3, -0.25) is 4.98 Å². The Balaban J connectivity index is 0.00000176. The summed E-state index contributed by atoms with van der Waals surface area (Å²) in [5.41, 5.74) is 6.47. The lowest BCUT2D eigenvalue weighted by atomic mass is 9.83. The number of fused-ring (bicyclic) bond motifs is 1. The molecule has 3 nitrogen and oxygen atoms in total. The van der Waals surface area contributed by atoms with Crippen LogP contribution in [-0.2, 0) is 12.8 Å². The molecular weight excluding hydrogens is 298 g/mol. The first-order chi connectivity index (χ1) is 10.1. The van der Waals surface area contributed by atoms with Gasteiger partial charge in [-0.2, -0.15) is 0 Å². The molecule has 1 aliphatic rings. The smallest absolute Gasteiger partial charge is 0.335 e. The van der Waals surface area contributed by atoms with Crippen molar-refractivity contribution in [2.24, 2.45) is 0 Å². The first-order valence-electron chi connectivity index (χ1n) is 7.09. The van der Waals surface area contributed by atoms with Crippen LogP contribution in [0.1, 0.15) is 40.4 Å². The topological polar surface area (TPSA) is 50.2 Å². The van der Waals surface area contributed by atoms with E-state index in [-0.39, 0.29) is 12.4 Å². The maximum Gasteiger partial charge on any atom is 0.335 e. The third-order valence-electron chi connectivity index (χ3n) is 4.13. The Kier molecular flexibility index (Phi) is 4.99. The number of halogens is 1. The molecule has 0 saturated heterocycles. The van der Waals surface area contributed by atoms with Gasteiger partial charge >= 0.3 is 5.97 Å². The van der Waals surface area contributed by atoms with E-state index in [0.717, 1.165) is 24.8 Å². The molecule has 0 fully saturated rings. The maximum absolute atomic E-state index is 11.1. The molecule has 4 heteroatoms. The third-order valence-corrected chi connectivity index (χ3v) is 4.13. The Morgan fingerprint density at radius 1 is 1.27 bits per heavy atom. The number of allylic oxidation sites excluding steroid dienone is 2. The van der Waals surface area contributed by atoms with Gasteiger partial charge in [0.05, 0.1) is 5.56 Å². The lowest BCUT2D eigenvalue weighted by Gasteiger charge is -2.22. The van der Waals surface area contributed by atoms with Crippen LogP contribution in [0.5, 0.6) is 0 Å². The molecule has 2 aromatic rings. The highest BCUT2D eigenvalue weighted by Gasteiger charge is 2.17. The maximum atomic E-state index is 11.1. The van der Waals surface area contributed by atoms with E-state index in [0.29, 0.717) is 5.56 Å². The van der Waals surface area contributed by atoms with Gasteiger partial charge in [0.15, 0.2) is 0 Å². The number of hydrogen-bond acceptors (Lipinski definition) is 2. The molecule has 1 heterocycles. The van der Waals surface area contributed by atoms with Gasteiger partial charge in [-0.15, -0.1) is 12.4 Å². The zero-order valence-corrected chi connectivity index (χ0v) is 13.2. The molecule has 114 valence electrons. The van der Waals surface area contributed by atoms with Crippen molar-refractivity contribution in [2.45, 2.75) is 26.2 Å². The standard InChI is InChI=1S/C18H17NO2.ClH/c1-12-15(9-13-3-2-8-19-11-13)6-4-14-5-7-16(18(20)21)10-17(12)14;/h2-3,5,7-8,10-11H,4,6,9H2,1H3,(H,20,21);1H. The highest BCUT2D eigenvalue weighted by molar-refractivity contribution is 5.89. The van der Waals surface area contributed by atoms with Crippen molar-refractivity contribution in [2.75, 3.05) is 0 Å². The quantitative estimate of drug-likeness (QED) is 0.925. The first-order valence-corrected chi connectivity index (χ1v) is 7.09. The Labute approximate surface area is 136 Å². The van der Waals surface area contributed by atoms with Crippen LogP contribution < -0.4 is 0 Å². The van der Waals surface area contributed by atoms with Crippen molar-refractivity contribution in [1.29, 1.82) is 0 Å². The fraction of sp³-hybridized carbons (Fsp3) is 0.222. The van der Waals surface area contributed by atoms with E-state index in [2.05, 4.69) is 18.0 Å². The Morgan fingerprint density at radius 3 is 2.77 bits per heavy atom. The van der Waals surface area contributed by atoms with Crippen molar-refractivity contribution < 1.29 is 9.90 Å². The summed E-state index contributed by atoms with van der Waals surface area (Å²) in [7, 11) is 0. The van der Waals surface area contributed by atoms with E-state index in [9.17, 15) is 4.79 Å². The Bertz CT molecular complexity index is 723. The molecule has 0 unspecified atom stereocenters. The minimum absolute atomic E-state index is 0. The number of carboxylic acid groups (broad SMARTS) is 1. The normalized spacial score (nSPS) is 13.3. The van der Waals surface area contributed by atoms with Gasteiger partial charge in [0.1, 0.15) is 0 Å². The molecule has 0 radical (unpaired) electrons. The average Bonchev–Trinajstić information content (AvgIpc) is 2.51. The van der Waals surface area contributed by atoms with E-state index < -0.39 is 5.97 Å². The monoisotopic (exact) mass is 315 g/mol. The van der Waals surface area contributed by atoms with Crippen molar-refractivity contribution >= 4 is 23.9 Å². The van der Waals surface area contributed by atoms with E-state index in [1.54, 1.807) is 18.3 Å². The molecule has 3 rings (SSSR count). The van der Waals surface area contributed by atoms with Gasteiger partial charge in [0, 0.05) is 12.4 Å². The van der Waals surface area contributed by atoms with Crippen LogP contribution in [0.3, 0.4) is 0 Å². The summed E-state index contributed by atoms with van der Waals surface area (Å²) in [5, 5.41) is 9.15. The number of hydrogen-bond donors (Lipinski definition) is 1.